The van der Waals surface area contributed by atoms with Crippen molar-refractivity contribution in [3.8, 4) is 0 Å². The number of carbonyl (C=O) groups excluding carboxylic acids is 3. The quantitative estimate of drug-likeness (QED) is 0.710. The zero-order chi connectivity index (χ0) is 25.0. The highest BCUT2D eigenvalue weighted by molar-refractivity contribution is 6.10. The van der Waals surface area contributed by atoms with Gasteiger partial charge in [0.1, 0.15) is 6.54 Å². The number of hydrogen-bond acceptors (Lipinski definition) is 3. The molecule has 35 heavy (non-hydrogen) atoms. The topological polar surface area (TPSA) is 73.0 Å². The molecule has 2 aliphatic heterocycles. The van der Waals surface area contributed by atoms with Crippen LogP contribution in [0.15, 0.2) is 48.5 Å². The zero-order valence-corrected chi connectivity index (χ0v) is 19.8. The summed E-state index contributed by atoms with van der Waals surface area (Å²) in [5, 5.41) is 2.55. The van der Waals surface area contributed by atoms with Gasteiger partial charge in [0.2, 0.25) is 5.91 Å². The molecule has 3 fully saturated rings. The fraction of sp³-hybridized carbons (Fsp3) is 0.423. The van der Waals surface area contributed by atoms with Gasteiger partial charge in [0.25, 0.3) is 11.8 Å². The smallest absolute Gasteiger partial charge is 0.317 e. The molecule has 0 bridgehead atoms. The van der Waals surface area contributed by atoms with E-state index < -0.39 is 11.5 Å². The molecule has 2 aromatic carbocycles. The van der Waals surface area contributed by atoms with Crippen molar-refractivity contribution in [2.75, 3.05) is 31.6 Å². The average Bonchev–Trinajstić information content (AvgIpc) is 3.65. The molecular formula is C26H28F2N4O3. The molecule has 7 nitrogen and oxygen atoms in total. The molecule has 9 heteroatoms. The summed E-state index contributed by atoms with van der Waals surface area (Å²) in [6.45, 7) is 0.944. The van der Waals surface area contributed by atoms with Crippen LogP contribution < -0.4 is 10.2 Å². The first-order chi connectivity index (χ1) is 16.6. The van der Waals surface area contributed by atoms with Crippen molar-refractivity contribution in [2.24, 2.45) is 0 Å². The van der Waals surface area contributed by atoms with E-state index in [0.29, 0.717) is 17.2 Å². The first-order valence-corrected chi connectivity index (χ1v) is 11.8. The fourth-order valence-electron chi connectivity index (χ4n) is 4.97. The fourth-order valence-corrected chi connectivity index (χ4v) is 4.97. The monoisotopic (exact) mass is 482 g/mol. The lowest BCUT2D eigenvalue weighted by Crippen LogP contribution is -2.81. The van der Waals surface area contributed by atoms with Gasteiger partial charge < -0.3 is 20.0 Å². The second-order valence-corrected chi connectivity index (χ2v) is 9.77. The van der Waals surface area contributed by atoms with E-state index in [-0.39, 0.29) is 49.6 Å². The van der Waals surface area contributed by atoms with E-state index in [9.17, 15) is 23.2 Å². The Morgan fingerprint density at radius 3 is 2.23 bits per heavy atom. The minimum Gasteiger partial charge on any atom is -0.341 e. The molecule has 2 heterocycles. The van der Waals surface area contributed by atoms with Crippen molar-refractivity contribution in [3.63, 3.8) is 0 Å². The van der Waals surface area contributed by atoms with E-state index in [1.54, 1.807) is 12.1 Å². The Hall–Kier alpha value is -3.49. The van der Waals surface area contributed by atoms with Crippen LogP contribution >= 0.6 is 0 Å². The minimum absolute atomic E-state index is 0.0685. The number of hydrogen-bond donors (Lipinski definition) is 1. The number of amides is 4. The summed E-state index contributed by atoms with van der Waals surface area (Å²) in [6.07, 6.45) is 2.34. The van der Waals surface area contributed by atoms with Crippen LogP contribution in [0.1, 0.15) is 42.4 Å². The van der Waals surface area contributed by atoms with Gasteiger partial charge in [-0.05, 0) is 42.0 Å². The molecule has 1 aliphatic carbocycles. The summed E-state index contributed by atoms with van der Waals surface area (Å²) in [4.78, 5) is 43.9. The van der Waals surface area contributed by atoms with Crippen molar-refractivity contribution in [3.05, 3.63) is 65.2 Å². The Labute approximate surface area is 202 Å². The van der Waals surface area contributed by atoms with Gasteiger partial charge in [-0.15, -0.1) is 0 Å². The molecule has 3 aliphatic rings. The van der Waals surface area contributed by atoms with Crippen LogP contribution in [0, 0.1) is 0 Å². The lowest BCUT2D eigenvalue weighted by atomic mass is 9.83. The van der Waals surface area contributed by atoms with E-state index in [0.717, 1.165) is 6.92 Å². The van der Waals surface area contributed by atoms with Crippen LogP contribution in [-0.4, -0.2) is 59.9 Å². The van der Waals surface area contributed by atoms with Crippen molar-refractivity contribution in [2.45, 2.75) is 43.7 Å². The predicted molar refractivity (Wildman–Crippen MR) is 126 cm³/mol. The molecule has 2 saturated heterocycles. The third kappa shape index (κ3) is 4.13. The molecule has 1 N–H and O–H groups in total. The van der Waals surface area contributed by atoms with Gasteiger partial charge in [0, 0.05) is 31.8 Å². The SMILES string of the molecule is CNC(=O)N1CC2(C1)C(=O)N(c1ccc(C3CC3)cc1)CC(=O)N2Cc1ccc(C(C)(F)F)cc1. The standard InChI is InChI=1S/C26H28F2N4O3/c1-25(27,28)20-9-3-17(4-10-20)13-32-22(33)14-31(21-11-7-19(8-12-21)18-5-6-18)23(34)26(32)15-30(16-26)24(35)29-2/h3-4,7-12,18H,5-6,13-16H2,1-2H3,(H,29,35). The number of nitrogens with zero attached hydrogens (tertiary/aromatic N) is 3. The number of nitrogens with one attached hydrogen (secondary N) is 1. The van der Waals surface area contributed by atoms with E-state index in [2.05, 4.69) is 5.32 Å². The number of alkyl halides is 2. The molecule has 0 atom stereocenters. The van der Waals surface area contributed by atoms with Crippen LogP contribution in [0.5, 0.6) is 0 Å². The second kappa shape index (κ2) is 8.32. The highest BCUT2D eigenvalue weighted by Crippen LogP contribution is 2.41. The van der Waals surface area contributed by atoms with Gasteiger partial charge in [-0.2, -0.15) is 0 Å². The Balaban J connectivity index is 1.42. The lowest BCUT2D eigenvalue weighted by molar-refractivity contribution is -0.161. The molecule has 4 amide bonds. The average molecular weight is 483 g/mol. The Kier molecular flexibility index (Phi) is 5.53. The maximum absolute atomic E-state index is 13.8. The minimum atomic E-state index is -2.96. The molecule has 1 spiro atoms. The molecule has 184 valence electrons. The molecular weight excluding hydrogens is 454 g/mol. The summed E-state index contributed by atoms with van der Waals surface area (Å²) in [7, 11) is 1.51. The third-order valence-electron chi connectivity index (χ3n) is 7.22. The number of halogens is 2. The third-order valence-corrected chi connectivity index (χ3v) is 7.22. The number of carbonyl (C=O) groups is 3. The van der Waals surface area contributed by atoms with Crippen molar-refractivity contribution >= 4 is 23.5 Å². The van der Waals surface area contributed by atoms with Gasteiger partial charge >= 0.3 is 6.03 Å². The lowest BCUT2D eigenvalue weighted by Gasteiger charge is -2.57. The number of rotatable bonds is 5. The van der Waals surface area contributed by atoms with Crippen LogP contribution in [0.2, 0.25) is 0 Å². The number of likely N-dealkylation sites (tertiary alicyclic amines) is 1. The molecule has 1 saturated carbocycles. The molecule has 2 aromatic rings. The van der Waals surface area contributed by atoms with Gasteiger partial charge in [-0.3, -0.25) is 9.59 Å². The number of anilines is 1. The van der Waals surface area contributed by atoms with Crippen LogP contribution in [0.4, 0.5) is 19.3 Å². The molecule has 0 radical (unpaired) electrons. The van der Waals surface area contributed by atoms with Crippen molar-refractivity contribution in [1.82, 2.24) is 15.1 Å². The summed E-state index contributed by atoms with van der Waals surface area (Å²) >= 11 is 0. The predicted octanol–water partition coefficient (Wildman–Crippen LogP) is 3.44. The van der Waals surface area contributed by atoms with E-state index in [4.69, 9.17) is 0 Å². The first kappa shape index (κ1) is 23.3. The van der Waals surface area contributed by atoms with Crippen LogP contribution in [-0.2, 0) is 22.1 Å². The number of urea groups is 1. The van der Waals surface area contributed by atoms with Gasteiger partial charge in [0.05, 0.1) is 13.1 Å². The Bertz CT molecular complexity index is 1150. The maximum atomic E-state index is 13.8. The highest BCUT2D eigenvalue weighted by atomic mass is 19.3. The molecule has 5 rings (SSSR count). The van der Waals surface area contributed by atoms with Gasteiger partial charge in [-0.1, -0.05) is 36.4 Å². The summed E-state index contributed by atoms with van der Waals surface area (Å²) < 4.78 is 27.2. The van der Waals surface area contributed by atoms with Crippen molar-refractivity contribution in [1.29, 1.82) is 0 Å². The Morgan fingerprint density at radius 1 is 1.06 bits per heavy atom. The zero-order valence-electron chi connectivity index (χ0n) is 19.8. The summed E-state index contributed by atoms with van der Waals surface area (Å²) in [5.74, 6) is -2.88. The van der Waals surface area contributed by atoms with E-state index >= 15 is 0 Å². The summed E-state index contributed by atoms with van der Waals surface area (Å²) in [5.41, 5.74) is 1.20. The molecule has 0 unspecified atom stereocenters. The second-order valence-electron chi connectivity index (χ2n) is 9.77. The molecule has 0 aromatic heterocycles. The summed E-state index contributed by atoms with van der Waals surface area (Å²) in [6, 6.07) is 13.2. The van der Waals surface area contributed by atoms with Crippen molar-refractivity contribution < 1.29 is 23.2 Å². The van der Waals surface area contributed by atoms with E-state index in [1.165, 1.54) is 52.3 Å². The van der Waals surface area contributed by atoms with Gasteiger partial charge in [0.15, 0.2) is 5.54 Å². The normalized spacial score (nSPS) is 19.7. The number of benzene rings is 2. The maximum Gasteiger partial charge on any atom is 0.317 e. The van der Waals surface area contributed by atoms with Gasteiger partial charge in [-0.25, -0.2) is 13.6 Å². The largest absolute Gasteiger partial charge is 0.341 e. The van der Waals surface area contributed by atoms with E-state index in [1.807, 2.05) is 24.3 Å². The Morgan fingerprint density at radius 2 is 1.69 bits per heavy atom. The first-order valence-electron chi connectivity index (χ1n) is 11.8. The van der Waals surface area contributed by atoms with Crippen LogP contribution in [0.3, 0.4) is 0 Å². The number of piperazine rings is 1. The van der Waals surface area contributed by atoms with Crippen LogP contribution in [0.25, 0.3) is 0 Å². The highest BCUT2D eigenvalue weighted by Gasteiger charge is 2.60.